The second kappa shape index (κ2) is 5.82. The number of hydrogen-bond acceptors (Lipinski definition) is 3. The SMILES string of the molecule is C=C(CC)CC(CC1CCS(=O)(=O)C1)NC. The summed E-state index contributed by atoms with van der Waals surface area (Å²) in [6.45, 7) is 6.11. The van der Waals surface area contributed by atoms with E-state index in [1.807, 2.05) is 7.05 Å². The van der Waals surface area contributed by atoms with Gasteiger partial charge in [0.2, 0.25) is 0 Å². The summed E-state index contributed by atoms with van der Waals surface area (Å²) in [6, 6.07) is 0.380. The molecule has 1 aliphatic heterocycles. The van der Waals surface area contributed by atoms with Crippen LogP contribution in [-0.2, 0) is 9.84 Å². The molecule has 0 spiro atoms. The predicted molar refractivity (Wildman–Crippen MR) is 68.3 cm³/mol. The van der Waals surface area contributed by atoms with Crippen molar-refractivity contribution >= 4 is 9.84 Å². The van der Waals surface area contributed by atoms with E-state index in [0.717, 1.165) is 25.7 Å². The highest BCUT2D eigenvalue weighted by Crippen LogP contribution is 2.24. The maximum absolute atomic E-state index is 11.4. The van der Waals surface area contributed by atoms with E-state index < -0.39 is 9.84 Å². The van der Waals surface area contributed by atoms with Crippen LogP contribution in [0.15, 0.2) is 12.2 Å². The van der Waals surface area contributed by atoms with E-state index >= 15 is 0 Å². The average Bonchev–Trinajstić information content (AvgIpc) is 2.56. The van der Waals surface area contributed by atoms with Gasteiger partial charge in [0.05, 0.1) is 11.5 Å². The molecule has 0 aromatic rings. The van der Waals surface area contributed by atoms with Gasteiger partial charge in [-0.1, -0.05) is 19.1 Å². The Morgan fingerprint density at radius 2 is 2.25 bits per heavy atom. The Hall–Kier alpha value is -0.350. The van der Waals surface area contributed by atoms with Gasteiger partial charge in [-0.05, 0) is 38.6 Å². The Labute approximate surface area is 99.2 Å². The van der Waals surface area contributed by atoms with Gasteiger partial charge in [-0.3, -0.25) is 0 Å². The molecule has 0 radical (unpaired) electrons. The summed E-state index contributed by atoms with van der Waals surface area (Å²) in [5.74, 6) is 1.10. The van der Waals surface area contributed by atoms with Crippen LogP contribution >= 0.6 is 0 Å². The van der Waals surface area contributed by atoms with Crippen molar-refractivity contribution in [3.63, 3.8) is 0 Å². The highest BCUT2D eigenvalue weighted by atomic mass is 32.2. The lowest BCUT2D eigenvalue weighted by Crippen LogP contribution is -2.28. The Morgan fingerprint density at radius 3 is 2.69 bits per heavy atom. The van der Waals surface area contributed by atoms with Crippen molar-refractivity contribution in [2.75, 3.05) is 18.6 Å². The molecule has 1 fully saturated rings. The zero-order valence-electron chi connectivity index (χ0n) is 10.3. The lowest BCUT2D eigenvalue weighted by Gasteiger charge is -2.20. The van der Waals surface area contributed by atoms with E-state index in [1.54, 1.807) is 0 Å². The highest BCUT2D eigenvalue weighted by molar-refractivity contribution is 7.91. The summed E-state index contributed by atoms with van der Waals surface area (Å²) >= 11 is 0. The van der Waals surface area contributed by atoms with Crippen molar-refractivity contribution < 1.29 is 8.42 Å². The summed E-state index contributed by atoms with van der Waals surface area (Å²) < 4.78 is 22.7. The predicted octanol–water partition coefficient (Wildman–Crippen LogP) is 1.76. The van der Waals surface area contributed by atoms with E-state index in [-0.39, 0.29) is 0 Å². The van der Waals surface area contributed by atoms with Gasteiger partial charge in [0.25, 0.3) is 0 Å². The molecule has 0 aliphatic carbocycles. The van der Waals surface area contributed by atoms with Crippen LogP contribution in [0.3, 0.4) is 0 Å². The summed E-state index contributed by atoms with van der Waals surface area (Å²) in [6.07, 6.45) is 3.75. The van der Waals surface area contributed by atoms with Gasteiger partial charge in [0, 0.05) is 6.04 Å². The van der Waals surface area contributed by atoms with Crippen LogP contribution < -0.4 is 5.32 Å². The second-order valence-electron chi connectivity index (χ2n) is 4.80. The van der Waals surface area contributed by atoms with Crippen LogP contribution in [0.2, 0.25) is 0 Å². The summed E-state index contributed by atoms with van der Waals surface area (Å²) in [7, 11) is -0.792. The third kappa shape index (κ3) is 4.26. The Balaban J connectivity index is 2.42. The normalized spacial score (nSPS) is 25.5. The van der Waals surface area contributed by atoms with E-state index in [2.05, 4.69) is 18.8 Å². The van der Waals surface area contributed by atoms with E-state index in [0.29, 0.717) is 23.5 Å². The molecule has 4 heteroatoms. The zero-order chi connectivity index (χ0) is 12.2. The molecular weight excluding hydrogens is 222 g/mol. The molecule has 3 nitrogen and oxygen atoms in total. The first-order valence-electron chi connectivity index (χ1n) is 6.01. The van der Waals surface area contributed by atoms with Crippen LogP contribution in [0.5, 0.6) is 0 Å². The van der Waals surface area contributed by atoms with E-state index in [9.17, 15) is 8.42 Å². The first-order valence-corrected chi connectivity index (χ1v) is 7.83. The topological polar surface area (TPSA) is 46.2 Å². The van der Waals surface area contributed by atoms with Crippen LogP contribution in [0.4, 0.5) is 0 Å². The molecule has 0 aromatic carbocycles. The van der Waals surface area contributed by atoms with Gasteiger partial charge in [0.15, 0.2) is 9.84 Å². The van der Waals surface area contributed by atoms with Crippen LogP contribution in [0.1, 0.15) is 32.6 Å². The highest BCUT2D eigenvalue weighted by Gasteiger charge is 2.29. The molecule has 94 valence electrons. The minimum atomic E-state index is -2.73. The van der Waals surface area contributed by atoms with Crippen LogP contribution in [0.25, 0.3) is 0 Å². The van der Waals surface area contributed by atoms with Crippen molar-refractivity contribution in [1.82, 2.24) is 5.32 Å². The van der Waals surface area contributed by atoms with Crippen molar-refractivity contribution in [3.05, 3.63) is 12.2 Å². The summed E-state index contributed by atoms with van der Waals surface area (Å²) in [5.41, 5.74) is 1.24. The molecule has 0 bridgehead atoms. The molecule has 1 rings (SSSR count). The molecule has 2 unspecified atom stereocenters. The number of nitrogens with one attached hydrogen (secondary N) is 1. The maximum Gasteiger partial charge on any atom is 0.150 e. The van der Waals surface area contributed by atoms with Crippen molar-refractivity contribution in [1.29, 1.82) is 0 Å². The van der Waals surface area contributed by atoms with Crippen molar-refractivity contribution in [2.24, 2.45) is 5.92 Å². The van der Waals surface area contributed by atoms with Crippen LogP contribution in [-0.4, -0.2) is 33.0 Å². The summed E-state index contributed by atoms with van der Waals surface area (Å²) in [5, 5.41) is 3.27. The van der Waals surface area contributed by atoms with E-state index in [4.69, 9.17) is 0 Å². The first kappa shape index (κ1) is 13.7. The van der Waals surface area contributed by atoms with Gasteiger partial charge < -0.3 is 5.32 Å². The molecule has 0 amide bonds. The monoisotopic (exact) mass is 245 g/mol. The molecule has 1 heterocycles. The summed E-state index contributed by atoms with van der Waals surface area (Å²) in [4.78, 5) is 0. The van der Waals surface area contributed by atoms with Gasteiger partial charge in [0.1, 0.15) is 0 Å². The largest absolute Gasteiger partial charge is 0.317 e. The molecule has 0 saturated carbocycles. The molecule has 16 heavy (non-hydrogen) atoms. The van der Waals surface area contributed by atoms with Gasteiger partial charge in [-0.25, -0.2) is 8.42 Å². The third-order valence-corrected chi connectivity index (χ3v) is 5.22. The lowest BCUT2D eigenvalue weighted by molar-refractivity contribution is 0.421. The van der Waals surface area contributed by atoms with Crippen LogP contribution in [0, 0.1) is 5.92 Å². The van der Waals surface area contributed by atoms with Gasteiger partial charge >= 0.3 is 0 Å². The number of sulfone groups is 1. The molecule has 0 aromatic heterocycles. The quantitative estimate of drug-likeness (QED) is 0.725. The van der Waals surface area contributed by atoms with Gasteiger partial charge in [-0.2, -0.15) is 0 Å². The fraction of sp³-hybridized carbons (Fsp3) is 0.833. The Bertz CT molecular complexity index is 335. The lowest BCUT2D eigenvalue weighted by atomic mass is 9.94. The Morgan fingerprint density at radius 1 is 1.56 bits per heavy atom. The van der Waals surface area contributed by atoms with E-state index in [1.165, 1.54) is 5.57 Å². The number of rotatable bonds is 6. The smallest absolute Gasteiger partial charge is 0.150 e. The van der Waals surface area contributed by atoms with Gasteiger partial charge in [-0.15, -0.1) is 0 Å². The Kier molecular flexibility index (Phi) is 4.99. The standard InChI is InChI=1S/C12H23NO2S/c1-4-10(2)7-12(13-3)8-11-5-6-16(14,15)9-11/h11-13H,2,4-9H2,1,3H3. The molecule has 2 atom stereocenters. The maximum atomic E-state index is 11.4. The van der Waals surface area contributed by atoms with Crippen molar-refractivity contribution in [2.45, 2.75) is 38.6 Å². The average molecular weight is 245 g/mol. The molecule has 1 N–H and O–H groups in total. The molecule has 1 aliphatic rings. The fourth-order valence-corrected chi connectivity index (χ4v) is 4.14. The number of hydrogen-bond donors (Lipinski definition) is 1. The molecule has 1 saturated heterocycles. The minimum Gasteiger partial charge on any atom is -0.317 e. The minimum absolute atomic E-state index is 0.340. The third-order valence-electron chi connectivity index (χ3n) is 3.39. The van der Waals surface area contributed by atoms with Crippen molar-refractivity contribution in [3.8, 4) is 0 Å². The fourth-order valence-electron chi connectivity index (χ4n) is 2.26. The molecular formula is C12H23NO2S. The zero-order valence-corrected chi connectivity index (χ0v) is 11.1. The first-order chi connectivity index (χ1) is 7.46. The second-order valence-corrected chi connectivity index (χ2v) is 7.03.